The van der Waals surface area contributed by atoms with Crippen LogP contribution in [0.25, 0.3) is 0 Å². The highest BCUT2D eigenvalue weighted by Gasteiger charge is 2.50. The number of likely N-dealkylation sites (N-methyl/N-ethyl adjacent to an activating group) is 1. The van der Waals surface area contributed by atoms with E-state index >= 15 is 0 Å². The first-order valence-electron chi connectivity index (χ1n) is 9.90. The molecule has 1 aliphatic heterocycles. The minimum Gasteiger partial charge on any atom is -0.354 e. The molecule has 2 N–H and O–H groups in total. The average Bonchev–Trinajstić information content (AvgIpc) is 3.38. The van der Waals surface area contributed by atoms with Gasteiger partial charge in [0.05, 0.1) is 6.33 Å². The Kier molecular flexibility index (Phi) is 7.18. The zero-order valence-electron chi connectivity index (χ0n) is 17.2. The van der Waals surface area contributed by atoms with Crippen molar-refractivity contribution in [1.29, 1.82) is 0 Å². The summed E-state index contributed by atoms with van der Waals surface area (Å²) in [5.41, 5.74) is 0.932. The summed E-state index contributed by atoms with van der Waals surface area (Å²) >= 11 is 0. The lowest BCUT2D eigenvalue weighted by atomic mass is 10.0. The molecule has 0 aliphatic carbocycles. The van der Waals surface area contributed by atoms with E-state index in [1.165, 1.54) is 4.90 Å². The fraction of sp³-hybridized carbons (Fsp3) is 0.429. The van der Waals surface area contributed by atoms with Crippen LogP contribution in [0.5, 0.6) is 0 Å². The van der Waals surface area contributed by atoms with Crippen molar-refractivity contribution < 1.29 is 19.1 Å². The summed E-state index contributed by atoms with van der Waals surface area (Å²) in [6.07, 6.45) is 4.69. The predicted octanol–water partition coefficient (Wildman–Crippen LogP) is -0.0275. The first kappa shape index (κ1) is 21.5. The molecule has 0 spiro atoms. The highest BCUT2D eigenvalue weighted by Crippen LogP contribution is 2.22. The summed E-state index contributed by atoms with van der Waals surface area (Å²) in [4.78, 5) is 42.6. The molecule has 1 aliphatic rings. The molecule has 9 heteroatoms. The van der Waals surface area contributed by atoms with Crippen LogP contribution in [0, 0.1) is 0 Å². The fourth-order valence-electron chi connectivity index (χ4n) is 3.12. The summed E-state index contributed by atoms with van der Waals surface area (Å²) in [6, 6.07) is 8.72. The summed E-state index contributed by atoms with van der Waals surface area (Å²) in [5, 5.41) is 5.51. The minimum atomic E-state index is -0.869. The van der Waals surface area contributed by atoms with E-state index < -0.39 is 24.2 Å². The molecule has 1 aromatic carbocycles. The number of nitrogens with zero attached hydrogens (tertiary/aromatic N) is 3. The molecule has 2 heterocycles. The number of nitrogens with one attached hydrogen (secondary N) is 2. The van der Waals surface area contributed by atoms with Gasteiger partial charge in [-0.25, -0.2) is 4.98 Å². The first-order valence-corrected chi connectivity index (χ1v) is 9.90. The van der Waals surface area contributed by atoms with Gasteiger partial charge in [0.1, 0.15) is 6.04 Å². The van der Waals surface area contributed by atoms with Crippen molar-refractivity contribution in [2.24, 2.45) is 0 Å². The molecule has 2 aromatic rings. The molecule has 1 fully saturated rings. The lowest BCUT2D eigenvalue weighted by Crippen LogP contribution is -2.49. The maximum Gasteiger partial charge on any atom is 0.253 e. The van der Waals surface area contributed by atoms with E-state index in [9.17, 15) is 14.4 Å². The molecule has 3 amide bonds. The lowest BCUT2D eigenvalue weighted by Gasteiger charge is -2.21. The second-order valence-corrected chi connectivity index (χ2v) is 7.41. The zero-order chi connectivity index (χ0) is 21.5. The Labute approximate surface area is 175 Å². The van der Waals surface area contributed by atoms with Gasteiger partial charge in [0.15, 0.2) is 12.2 Å². The van der Waals surface area contributed by atoms with Crippen molar-refractivity contribution in [3.8, 4) is 0 Å². The van der Waals surface area contributed by atoms with E-state index in [1.54, 1.807) is 26.6 Å². The van der Waals surface area contributed by atoms with Crippen molar-refractivity contribution in [3.63, 3.8) is 0 Å². The lowest BCUT2D eigenvalue weighted by molar-refractivity contribution is -0.134. The number of epoxide rings is 1. The Morgan fingerprint density at radius 2 is 1.90 bits per heavy atom. The van der Waals surface area contributed by atoms with Crippen LogP contribution in [-0.2, 0) is 32.1 Å². The summed E-state index contributed by atoms with van der Waals surface area (Å²) in [6.45, 7) is 1.21. The molecule has 0 saturated carbocycles. The van der Waals surface area contributed by atoms with E-state index in [-0.39, 0.29) is 11.8 Å². The number of imidazole rings is 1. The van der Waals surface area contributed by atoms with Crippen molar-refractivity contribution >= 4 is 17.7 Å². The number of hydrogen-bond acceptors (Lipinski definition) is 5. The molecule has 1 saturated heterocycles. The monoisotopic (exact) mass is 413 g/mol. The number of amides is 3. The van der Waals surface area contributed by atoms with Gasteiger partial charge in [-0.1, -0.05) is 30.3 Å². The van der Waals surface area contributed by atoms with Crippen molar-refractivity contribution in [3.05, 3.63) is 54.6 Å². The van der Waals surface area contributed by atoms with E-state index in [2.05, 4.69) is 15.6 Å². The molecular formula is C21H27N5O4. The van der Waals surface area contributed by atoms with Crippen LogP contribution in [-0.4, -0.2) is 71.1 Å². The average molecular weight is 413 g/mol. The van der Waals surface area contributed by atoms with Gasteiger partial charge in [-0.2, -0.15) is 0 Å². The number of aromatic nitrogens is 2. The van der Waals surface area contributed by atoms with Gasteiger partial charge in [0, 0.05) is 46.0 Å². The quantitative estimate of drug-likeness (QED) is 0.420. The van der Waals surface area contributed by atoms with Crippen molar-refractivity contribution in [2.45, 2.75) is 37.6 Å². The normalized spacial score (nSPS) is 18.3. The molecule has 0 bridgehead atoms. The second-order valence-electron chi connectivity index (χ2n) is 7.41. The third-order valence-corrected chi connectivity index (χ3v) is 4.80. The number of benzene rings is 1. The minimum absolute atomic E-state index is 0.214. The van der Waals surface area contributed by atoms with Gasteiger partial charge in [0.2, 0.25) is 5.91 Å². The summed E-state index contributed by atoms with van der Waals surface area (Å²) < 4.78 is 7.19. The van der Waals surface area contributed by atoms with Crippen LogP contribution in [0.2, 0.25) is 0 Å². The zero-order valence-corrected chi connectivity index (χ0v) is 17.2. The molecule has 0 radical (unpaired) electrons. The maximum atomic E-state index is 12.5. The number of ether oxygens (including phenoxy) is 1. The Morgan fingerprint density at radius 1 is 1.17 bits per heavy atom. The Balaban J connectivity index is 1.46. The first-order chi connectivity index (χ1) is 14.5. The highest BCUT2D eigenvalue weighted by molar-refractivity contribution is 5.97. The number of hydrogen-bond donors (Lipinski definition) is 2. The van der Waals surface area contributed by atoms with Crippen LogP contribution in [0.4, 0.5) is 0 Å². The van der Waals surface area contributed by atoms with Gasteiger partial charge in [-0.05, 0) is 12.0 Å². The Morgan fingerprint density at radius 3 is 2.57 bits per heavy atom. The van der Waals surface area contributed by atoms with Crippen LogP contribution < -0.4 is 10.6 Å². The molecule has 30 heavy (non-hydrogen) atoms. The third kappa shape index (κ3) is 5.90. The molecule has 3 rings (SSSR count). The van der Waals surface area contributed by atoms with Crippen LogP contribution in [0.15, 0.2) is 49.1 Å². The molecular weight excluding hydrogens is 386 g/mol. The molecule has 3 atom stereocenters. The van der Waals surface area contributed by atoms with E-state index in [4.69, 9.17) is 4.74 Å². The third-order valence-electron chi connectivity index (χ3n) is 4.80. The van der Waals surface area contributed by atoms with Crippen LogP contribution in [0.3, 0.4) is 0 Å². The Bertz CT molecular complexity index is 854. The molecule has 2 unspecified atom stereocenters. The van der Waals surface area contributed by atoms with Crippen LogP contribution >= 0.6 is 0 Å². The molecule has 160 valence electrons. The number of aryl methyl sites for hydroxylation is 1. The SMILES string of the molecule is CN(C)C(=O)[C@H](Cc1ccccc1)NC(=O)C1OC1C(=O)NCCCn1ccnc1. The molecule has 9 nitrogen and oxygen atoms in total. The van der Waals surface area contributed by atoms with E-state index in [0.29, 0.717) is 13.0 Å². The van der Waals surface area contributed by atoms with Gasteiger partial charge < -0.3 is 24.8 Å². The topological polar surface area (TPSA) is 109 Å². The van der Waals surface area contributed by atoms with Crippen molar-refractivity contribution in [1.82, 2.24) is 25.1 Å². The van der Waals surface area contributed by atoms with E-state index in [1.807, 2.05) is 41.1 Å². The second kappa shape index (κ2) is 10.0. The van der Waals surface area contributed by atoms with Gasteiger partial charge in [-0.3, -0.25) is 14.4 Å². The van der Waals surface area contributed by atoms with E-state index in [0.717, 1.165) is 18.5 Å². The smallest absolute Gasteiger partial charge is 0.253 e. The molecule has 1 aromatic heterocycles. The fourth-order valence-corrected chi connectivity index (χ4v) is 3.12. The number of carbonyl (C=O) groups is 3. The standard InChI is InChI=1S/C21H27N5O4/c1-25(2)21(29)16(13-15-7-4-3-5-8-15)24-20(28)18-17(30-18)19(27)23-9-6-11-26-12-10-22-14-26/h3-5,7-8,10,12,14,16-18H,6,9,11,13H2,1-2H3,(H,23,27)(H,24,28)/t16-,17?,18?/m0/s1. The van der Waals surface area contributed by atoms with Gasteiger partial charge in [0.25, 0.3) is 11.8 Å². The van der Waals surface area contributed by atoms with Gasteiger partial charge in [-0.15, -0.1) is 0 Å². The maximum absolute atomic E-state index is 12.5. The summed E-state index contributed by atoms with van der Waals surface area (Å²) in [5.74, 6) is -0.989. The van der Waals surface area contributed by atoms with Gasteiger partial charge >= 0.3 is 0 Å². The Hall–Kier alpha value is -3.20. The number of rotatable bonds is 10. The highest BCUT2D eigenvalue weighted by atomic mass is 16.6. The number of carbonyl (C=O) groups excluding carboxylic acids is 3. The van der Waals surface area contributed by atoms with Crippen molar-refractivity contribution in [2.75, 3.05) is 20.6 Å². The summed E-state index contributed by atoms with van der Waals surface area (Å²) in [7, 11) is 3.28. The largest absolute Gasteiger partial charge is 0.354 e. The van der Waals surface area contributed by atoms with Crippen LogP contribution in [0.1, 0.15) is 12.0 Å². The predicted molar refractivity (Wildman–Crippen MR) is 109 cm³/mol.